The fraction of sp³-hybridized carbons (Fsp3) is 0.662. The molecule has 3 atom stereocenters. The molecule has 2 N–H and O–H groups in total. The number of unbranched alkanes of at least 4 members (excludes halogenated alkanes) is 20. The normalized spacial score (nSPS) is 14.6. The van der Waals surface area contributed by atoms with E-state index in [2.05, 4.69) is 135 Å². The fourth-order valence-corrected chi connectivity index (χ4v) is 8.62. The second-order valence-electron chi connectivity index (χ2n) is 20.8. The quantitative estimate of drug-likeness (QED) is 0.0156. The number of hydrogen-bond acceptors (Lipinski definition) is 6. The van der Waals surface area contributed by atoms with E-state index in [0.717, 1.165) is 122 Å². The van der Waals surface area contributed by atoms with Gasteiger partial charge in [0.2, 0.25) is 5.91 Å². The van der Waals surface area contributed by atoms with E-state index in [1.165, 1.54) is 57.8 Å². The van der Waals surface area contributed by atoms with Crippen LogP contribution in [0.2, 0.25) is 0 Å². The van der Waals surface area contributed by atoms with Gasteiger partial charge < -0.3 is 19.4 Å². The predicted molar refractivity (Wildman–Crippen MR) is 323 cm³/mol. The Morgan fingerprint density at radius 1 is 0.493 bits per heavy atom. The van der Waals surface area contributed by atoms with Crippen LogP contribution in [0, 0.1) is 0 Å². The lowest BCUT2D eigenvalue weighted by atomic mass is 10.0. The van der Waals surface area contributed by atoms with Gasteiger partial charge >= 0.3 is 13.8 Å². The summed E-state index contributed by atoms with van der Waals surface area (Å²) in [4.78, 5) is 37.6. The van der Waals surface area contributed by atoms with Crippen molar-refractivity contribution in [1.82, 2.24) is 5.32 Å². The average molecular weight is 1060 g/mol. The molecule has 0 saturated carbocycles. The number of hydrogen-bond donors (Lipinski definition) is 2. The molecular formula is C65H112N2O7P+. The highest BCUT2D eigenvalue weighted by atomic mass is 31.2. The highest BCUT2D eigenvalue weighted by molar-refractivity contribution is 7.47. The standard InChI is InChI=1S/C65H111N2O7P/c1-7-10-13-16-19-22-25-28-29-30-31-32-33-34-35-36-37-40-42-45-48-51-54-57-64(68)66-62(61-73-75(70,71)72-60-59-67(4,5)6)63(56-53-50-47-44-41-38-26-23-20-17-14-11-8-2)74-65(69)58-55-52-49-46-43-39-27-24-21-18-15-12-9-3/h10,12-13,15,18-19,21-22,24,27-29,31-32,34-35,37,40,53,56,62-63H,7-9,11,14,16-17,20,23,25-26,30,33,36,38-39,41-52,54-55,57-61H2,1-6H3,(H-,66,68,70,71)/p+1/b13-10-,15-12+,21-18+,22-19-,27-24-,29-28-,32-31-,35-34-,40-37-,56-53-. The SMILES string of the molecule is CC/C=C\C/C=C\C/C=C\C/C=C\C/C=C\C/C=C\CCCCCCC(=O)NC(COP(=O)(O)OCC[N+](C)(C)C)C(/C=C\CCCCCCCCCCCCC)OC(=O)CCCCCCC\C=C/C=C/C=C/CC. The maximum absolute atomic E-state index is 13.5. The molecule has 0 fully saturated rings. The summed E-state index contributed by atoms with van der Waals surface area (Å²) in [6, 6.07) is -0.879. The number of likely N-dealkylation sites (N-methyl/N-ethyl adjacent to an activating group) is 1. The molecule has 0 aromatic heterocycles. The van der Waals surface area contributed by atoms with Gasteiger partial charge in [-0.15, -0.1) is 0 Å². The van der Waals surface area contributed by atoms with Gasteiger partial charge in [-0.05, 0) is 102 Å². The number of allylic oxidation sites excluding steroid dienone is 19. The van der Waals surface area contributed by atoms with Crippen molar-refractivity contribution in [3.63, 3.8) is 0 Å². The van der Waals surface area contributed by atoms with E-state index < -0.39 is 20.0 Å². The molecule has 10 heteroatoms. The first kappa shape index (κ1) is 71.4. The summed E-state index contributed by atoms with van der Waals surface area (Å²) in [6.07, 6.45) is 74.8. The Morgan fingerprint density at radius 2 is 0.920 bits per heavy atom. The van der Waals surface area contributed by atoms with E-state index in [9.17, 15) is 19.0 Å². The van der Waals surface area contributed by atoms with Crippen molar-refractivity contribution < 1.29 is 37.3 Å². The van der Waals surface area contributed by atoms with Crippen LogP contribution in [0.25, 0.3) is 0 Å². The van der Waals surface area contributed by atoms with Gasteiger partial charge in [0, 0.05) is 12.8 Å². The molecule has 0 heterocycles. The molecule has 75 heavy (non-hydrogen) atoms. The second kappa shape index (κ2) is 53.8. The van der Waals surface area contributed by atoms with Crippen molar-refractivity contribution in [3.8, 4) is 0 Å². The Morgan fingerprint density at radius 3 is 1.43 bits per heavy atom. The van der Waals surface area contributed by atoms with Gasteiger partial charge in [-0.2, -0.15) is 0 Å². The lowest BCUT2D eigenvalue weighted by Gasteiger charge is -2.27. The molecule has 0 radical (unpaired) electrons. The zero-order valence-electron chi connectivity index (χ0n) is 48.7. The van der Waals surface area contributed by atoms with E-state index in [0.29, 0.717) is 30.3 Å². The summed E-state index contributed by atoms with van der Waals surface area (Å²) in [5.74, 6) is -0.568. The maximum atomic E-state index is 13.5. The number of carbonyl (C=O) groups is 2. The van der Waals surface area contributed by atoms with Crippen LogP contribution in [-0.4, -0.2) is 74.3 Å². The third-order valence-electron chi connectivity index (χ3n) is 12.5. The summed E-state index contributed by atoms with van der Waals surface area (Å²) in [6.45, 7) is 6.71. The van der Waals surface area contributed by atoms with Crippen LogP contribution in [-0.2, 0) is 27.9 Å². The van der Waals surface area contributed by atoms with Crippen LogP contribution >= 0.6 is 7.82 Å². The number of rotatable bonds is 52. The van der Waals surface area contributed by atoms with E-state index in [1.54, 1.807) is 0 Å². The molecule has 0 aromatic rings. The number of phosphoric ester groups is 1. The van der Waals surface area contributed by atoms with Crippen LogP contribution in [0.5, 0.6) is 0 Å². The van der Waals surface area contributed by atoms with Crippen molar-refractivity contribution in [3.05, 3.63) is 122 Å². The maximum Gasteiger partial charge on any atom is 0.472 e. The number of esters is 1. The van der Waals surface area contributed by atoms with E-state index in [1.807, 2.05) is 33.3 Å². The first-order valence-electron chi connectivity index (χ1n) is 29.9. The molecule has 0 aliphatic rings. The minimum absolute atomic E-state index is 0.0245. The minimum Gasteiger partial charge on any atom is -0.456 e. The smallest absolute Gasteiger partial charge is 0.456 e. The molecule has 3 unspecified atom stereocenters. The monoisotopic (exact) mass is 1060 g/mol. The number of carbonyl (C=O) groups excluding carboxylic acids is 2. The predicted octanol–water partition coefficient (Wildman–Crippen LogP) is 18.3. The molecule has 1 amide bonds. The number of ether oxygens (including phenoxy) is 1. The summed E-state index contributed by atoms with van der Waals surface area (Å²) >= 11 is 0. The zero-order chi connectivity index (χ0) is 55.0. The van der Waals surface area contributed by atoms with E-state index in [4.69, 9.17) is 13.8 Å². The molecular weight excluding hydrogens is 952 g/mol. The molecule has 428 valence electrons. The van der Waals surface area contributed by atoms with Crippen molar-refractivity contribution in [2.24, 2.45) is 0 Å². The fourth-order valence-electron chi connectivity index (χ4n) is 7.88. The summed E-state index contributed by atoms with van der Waals surface area (Å²) in [7, 11) is 1.45. The van der Waals surface area contributed by atoms with Gasteiger partial charge in [-0.25, -0.2) is 4.57 Å². The summed E-state index contributed by atoms with van der Waals surface area (Å²) < 4.78 is 30.6. The van der Waals surface area contributed by atoms with E-state index >= 15 is 0 Å². The van der Waals surface area contributed by atoms with E-state index in [-0.39, 0.29) is 31.5 Å². The average Bonchev–Trinajstić information content (AvgIpc) is 3.37. The van der Waals surface area contributed by atoms with Gasteiger partial charge in [0.05, 0.1) is 33.8 Å². The third kappa shape index (κ3) is 55.0. The van der Waals surface area contributed by atoms with Crippen molar-refractivity contribution in [2.45, 2.75) is 238 Å². The largest absolute Gasteiger partial charge is 0.472 e. The topological polar surface area (TPSA) is 111 Å². The highest BCUT2D eigenvalue weighted by Crippen LogP contribution is 2.43. The van der Waals surface area contributed by atoms with Crippen molar-refractivity contribution >= 4 is 19.7 Å². The first-order valence-corrected chi connectivity index (χ1v) is 31.4. The van der Waals surface area contributed by atoms with Crippen molar-refractivity contribution in [2.75, 3.05) is 40.9 Å². The number of amides is 1. The molecule has 0 bridgehead atoms. The lowest BCUT2D eigenvalue weighted by Crippen LogP contribution is -2.47. The van der Waals surface area contributed by atoms with Crippen LogP contribution in [0.4, 0.5) is 0 Å². The van der Waals surface area contributed by atoms with Gasteiger partial charge in [0.15, 0.2) is 0 Å². The van der Waals surface area contributed by atoms with Crippen LogP contribution < -0.4 is 5.32 Å². The molecule has 9 nitrogen and oxygen atoms in total. The number of nitrogens with zero attached hydrogens (tertiary/aromatic N) is 1. The molecule has 0 aromatic carbocycles. The summed E-state index contributed by atoms with van der Waals surface area (Å²) in [5, 5.41) is 3.03. The first-order chi connectivity index (χ1) is 36.4. The third-order valence-corrected chi connectivity index (χ3v) is 13.4. The van der Waals surface area contributed by atoms with Gasteiger partial charge in [0.1, 0.15) is 19.3 Å². The number of phosphoric acid groups is 1. The number of quaternary nitrogens is 1. The Balaban J connectivity index is 5.35. The van der Waals surface area contributed by atoms with Crippen LogP contribution in [0.1, 0.15) is 226 Å². The van der Waals surface area contributed by atoms with Gasteiger partial charge in [0.25, 0.3) is 0 Å². The molecule has 0 aliphatic carbocycles. The Labute approximate surface area is 461 Å². The van der Waals surface area contributed by atoms with Crippen LogP contribution in [0.15, 0.2) is 122 Å². The molecule has 0 aliphatic heterocycles. The van der Waals surface area contributed by atoms with Crippen molar-refractivity contribution in [1.29, 1.82) is 0 Å². The highest BCUT2D eigenvalue weighted by Gasteiger charge is 2.30. The zero-order valence-corrected chi connectivity index (χ0v) is 49.6. The molecule has 0 saturated heterocycles. The Kier molecular flexibility index (Phi) is 51.2. The Hall–Kier alpha value is -3.59. The van der Waals surface area contributed by atoms with Crippen LogP contribution in [0.3, 0.4) is 0 Å². The lowest BCUT2D eigenvalue weighted by molar-refractivity contribution is -0.870. The van der Waals surface area contributed by atoms with Gasteiger partial charge in [-0.1, -0.05) is 233 Å². The molecule has 0 rings (SSSR count). The number of nitrogens with one attached hydrogen (secondary N) is 1. The minimum atomic E-state index is -4.47. The van der Waals surface area contributed by atoms with Gasteiger partial charge in [-0.3, -0.25) is 18.6 Å². The Bertz CT molecular complexity index is 1700. The second-order valence-corrected chi connectivity index (χ2v) is 22.3. The summed E-state index contributed by atoms with van der Waals surface area (Å²) in [5.41, 5.74) is 0. The molecule has 0 spiro atoms.